The van der Waals surface area contributed by atoms with E-state index in [-0.39, 0.29) is 0 Å². The Morgan fingerprint density at radius 1 is 1.18 bits per heavy atom. The van der Waals surface area contributed by atoms with Crippen molar-refractivity contribution in [3.8, 4) is 5.75 Å². The molecule has 2 aromatic rings. The van der Waals surface area contributed by atoms with Crippen LogP contribution in [-0.4, -0.2) is 18.1 Å². The van der Waals surface area contributed by atoms with E-state index in [0.29, 0.717) is 5.75 Å². The molecule has 0 aliphatic carbocycles. The fourth-order valence-electron chi connectivity index (χ4n) is 2.38. The summed E-state index contributed by atoms with van der Waals surface area (Å²) in [5.74, 6) is 5.95. The molecule has 17 heavy (non-hydrogen) atoms. The average Bonchev–Trinajstić information content (AvgIpc) is 2.91. The predicted molar refractivity (Wildman–Crippen MR) is 68.0 cm³/mol. The van der Waals surface area contributed by atoms with Crippen molar-refractivity contribution >= 4 is 16.6 Å². The second-order valence-corrected chi connectivity index (χ2v) is 4.32. The summed E-state index contributed by atoms with van der Waals surface area (Å²) in [4.78, 5) is 11.6. The molecule has 0 radical (unpaired) electrons. The summed E-state index contributed by atoms with van der Waals surface area (Å²) in [5, 5.41) is 0.972. The molecule has 0 saturated carbocycles. The number of anilines is 1. The van der Waals surface area contributed by atoms with Crippen molar-refractivity contribution in [2.24, 2.45) is 5.90 Å². The lowest BCUT2D eigenvalue weighted by molar-refractivity contribution is 0.338. The molecular weight excluding hydrogens is 214 g/mol. The fraction of sp³-hybridized carbons (Fsp3) is 0.308. The van der Waals surface area contributed by atoms with Crippen LogP contribution >= 0.6 is 0 Å². The van der Waals surface area contributed by atoms with E-state index in [9.17, 15) is 0 Å². The summed E-state index contributed by atoms with van der Waals surface area (Å²) in [5.41, 5.74) is 2.14. The molecule has 2 N–H and O–H groups in total. The minimum atomic E-state index is 0.677. The molecule has 1 aromatic heterocycles. The summed E-state index contributed by atoms with van der Waals surface area (Å²) < 4.78 is 0. The van der Waals surface area contributed by atoms with Gasteiger partial charge in [-0.1, -0.05) is 0 Å². The first-order valence-electron chi connectivity index (χ1n) is 5.89. The number of pyridine rings is 1. The van der Waals surface area contributed by atoms with E-state index in [0.717, 1.165) is 24.0 Å². The Balaban J connectivity index is 2.10. The summed E-state index contributed by atoms with van der Waals surface area (Å²) in [6.45, 7) is 2.26. The highest BCUT2D eigenvalue weighted by atomic mass is 16.6. The van der Waals surface area contributed by atoms with Crippen LogP contribution in [0.4, 0.5) is 5.69 Å². The molecule has 1 saturated heterocycles. The Morgan fingerprint density at radius 2 is 2.00 bits per heavy atom. The van der Waals surface area contributed by atoms with E-state index in [4.69, 9.17) is 10.7 Å². The molecule has 4 heteroatoms. The molecule has 1 fully saturated rings. The van der Waals surface area contributed by atoms with Gasteiger partial charge in [-0.25, -0.2) is 0 Å². The van der Waals surface area contributed by atoms with Gasteiger partial charge in [0.05, 0.1) is 5.52 Å². The molecule has 1 aliphatic heterocycles. The zero-order valence-electron chi connectivity index (χ0n) is 9.60. The molecule has 0 bridgehead atoms. The minimum absolute atomic E-state index is 0.677. The molecule has 1 aliphatic rings. The van der Waals surface area contributed by atoms with Gasteiger partial charge in [0.25, 0.3) is 0 Å². The average molecular weight is 229 g/mol. The van der Waals surface area contributed by atoms with Gasteiger partial charge in [-0.05, 0) is 31.0 Å². The van der Waals surface area contributed by atoms with E-state index >= 15 is 0 Å². The summed E-state index contributed by atoms with van der Waals surface area (Å²) in [6, 6.07) is 8.03. The number of nitrogens with two attached hydrogens (primary N) is 1. The van der Waals surface area contributed by atoms with Crippen LogP contribution in [0.3, 0.4) is 0 Å². The van der Waals surface area contributed by atoms with Gasteiger partial charge in [-0.2, -0.15) is 5.90 Å². The normalized spacial score (nSPS) is 15.5. The van der Waals surface area contributed by atoms with Gasteiger partial charge < -0.3 is 9.74 Å². The fourth-order valence-corrected chi connectivity index (χ4v) is 2.38. The van der Waals surface area contributed by atoms with E-state index in [1.54, 1.807) is 12.3 Å². The van der Waals surface area contributed by atoms with Gasteiger partial charge in [0.2, 0.25) is 0 Å². The first-order chi connectivity index (χ1) is 8.38. The number of hydrogen-bond donors (Lipinski definition) is 1. The Morgan fingerprint density at radius 3 is 2.76 bits per heavy atom. The van der Waals surface area contributed by atoms with Crippen LogP contribution in [0.15, 0.2) is 30.5 Å². The molecule has 0 spiro atoms. The summed E-state index contributed by atoms with van der Waals surface area (Å²) >= 11 is 0. The van der Waals surface area contributed by atoms with Crippen molar-refractivity contribution in [3.05, 3.63) is 30.5 Å². The van der Waals surface area contributed by atoms with Crippen LogP contribution in [-0.2, 0) is 0 Å². The first-order valence-corrected chi connectivity index (χ1v) is 5.89. The maximum Gasteiger partial charge on any atom is 0.157 e. The van der Waals surface area contributed by atoms with E-state index in [1.165, 1.54) is 18.5 Å². The van der Waals surface area contributed by atoms with E-state index in [1.807, 2.05) is 6.07 Å². The lowest BCUT2D eigenvalue weighted by Gasteiger charge is -2.18. The van der Waals surface area contributed by atoms with Gasteiger partial charge in [0, 0.05) is 36.4 Å². The smallest absolute Gasteiger partial charge is 0.157 e. The van der Waals surface area contributed by atoms with Gasteiger partial charge in [0.1, 0.15) is 0 Å². The van der Waals surface area contributed by atoms with Crippen LogP contribution in [0.2, 0.25) is 0 Å². The number of fused-ring (bicyclic) bond motifs is 1. The van der Waals surface area contributed by atoms with Crippen LogP contribution in [0.25, 0.3) is 10.9 Å². The van der Waals surface area contributed by atoms with Crippen molar-refractivity contribution in [1.29, 1.82) is 0 Å². The van der Waals surface area contributed by atoms with Crippen LogP contribution in [0.5, 0.6) is 5.75 Å². The third-order valence-corrected chi connectivity index (χ3v) is 3.28. The molecule has 0 amide bonds. The molecule has 88 valence electrons. The molecule has 3 rings (SSSR count). The molecule has 1 aromatic carbocycles. The second kappa shape index (κ2) is 4.22. The molecular formula is C13H15N3O. The van der Waals surface area contributed by atoms with Crippen LogP contribution in [0, 0.1) is 0 Å². The standard InChI is InChI=1S/C13H15N3O/c14-17-13-5-6-15-12-4-3-10(9-11(12)13)16-7-1-2-8-16/h3-6,9H,1-2,7-8,14H2. The van der Waals surface area contributed by atoms with Crippen LogP contribution < -0.4 is 15.6 Å². The number of hydrogen-bond acceptors (Lipinski definition) is 4. The van der Waals surface area contributed by atoms with Crippen LogP contribution in [0.1, 0.15) is 12.8 Å². The zero-order chi connectivity index (χ0) is 11.7. The van der Waals surface area contributed by atoms with Crippen molar-refractivity contribution in [3.63, 3.8) is 0 Å². The molecule has 4 nitrogen and oxygen atoms in total. The van der Waals surface area contributed by atoms with E-state index in [2.05, 4.69) is 22.0 Å². The Labute approximate surface area is 100.0 Å². The maximum absolute atomic E-state index is 5.28. The number of aromatic nitrogens is 1. The highest BCUT2D eigenvalue weighted by molar-refractivity contribution is 5.88. The van der Waals surface area contributed by atoms with E-state index < -0.39 is 0 Å². The topological polar surface area (TPSA) is 51.4 Å². The third-order valence-electron chi connectivity index (χ3n) is 3.28. The summed E-state index contributed by atoms with van der Waals surface area (Å²) in [6.07, 6.45) is 4.25. The Hall–Kier alpha value is -1.81. The van der Waals surface area contributed by atoms with Gasteiger partial charge >= 0.3 is 0 Å². The van der Waals surface area contributed by atoms with Crippen molar-refractivity contribution in [2.45, 2.75) is 12.8 Å². The Kier molecular flexibility index (Phi) is 2.57. The largest absolute Gasteiger partial charge is 0.411 e. The molecule has 0 unspecified atom stereocenters. The quantitative estimate of drug-likeness (QED) is 0.801. The van der Waals surface area contributed by atoms with Crippen molar-refractivity contribution < 1.29 is 4.84 Å². The maximum atomic E-state index is 5.28. The van der Waals surface area contributed by atoms with Crippen molar-refractivity contribution in [2.75, 3.05) is 18.0 Å². The molecule has 2 heterocycles. The third kappa shape index (κ3) is 1.80. The summed E-state index contributed by atoms with van der Waals surface area (Å²) in [7, 11) is 0. The second-order valence-electron chi connectivity index (χ2n) is 4.32. The first kappa shape index (κ1) is 10.4. The molecule has 0 atom stereocenters. The van der Waals surface area contributed by atoms with Gasteiger partial charge in [-0.15, -0.1) is 0 Å². The highest BCUT2D eigenvalue weighted by Crippen LogP contribution is 2.29. The highest BCUT2D eigenvalue weighted by Gasteiger charge is 2.13. The lowest BCUT2D eigenvalue weighted by Crippen LogP contribution is -2.17. The van der Waals surface area contributed by atoms with Gasteiger partial charge in [-0.3, -0.25) is 4.98 Å². The Bertz CT molecular complexity index is 535. The zero-order valence-corrected chi connectivity index (χ0v) is 9.60. The number of nitrogens with zero attached hydrogens (tertiary/aromatic N) is 2. The monoisotopic (exact) mass is 229 g/mol. The lowest BCUT2D eigenvalue weighted by atomic mass is 10.1. The van der Waals surface area contributed by atoms with Crippen molar-refractivity contribution in [1.82, 2.24) is 4.98 Å². The predicted octanol–water partition coefficient (Wildman–Crippen LogP) is 2.09. The number of benzene rings is 1. The SMILES string of the molecule is NOc1ccnc2ccc(N3CCCC3)cc12. The minimum Gasteiger partial charge on any atom is -0.411 e. The number of rotatable bonds is 2. The van der Waals surface area contributed by atoms with Gasteiger partial charge in [0.15, 0.2) is 5.75 Å².